The van der Waals surface area contributed by atoms with Gasteiger partial charge in [0.05, 0.1) is 5.56 Å². The molecule has 0 atom stereocenters. The molecule has 1 amide bonds. The molecule has 1 heterocycles. The second-order valence-electron chi connectivity index (χ2n) is 3.46. The van der Waals surface area contributed by atoms with E-state index in [0.717, 1.165) is 10.9 Å². The normalized spacial score (nSPS) is 10.2. The number of nitrogens with zero attached hydrogens (tertiary/aromatic N) is 2. The Labute approximate surface area is 104 Å². The number of hydrogen-bond acceptors (Lipinski definition) is 3. The molecule has 0 saturated heterocycles. The molecule has 1 aromatic heterocycles. The lowest BCUT2D eigenvalue weighted by molar-refractivity contribution is 0.0779. The van der Waals surface area contributed by atoms with E-state index < -0.39 is 0 Å². The molecule has 0 aliphatic carbocycles. The first-order valence-corrected chi connectivity index (χ1v) is 5.79. The van der Waals surface area contributed by atoms with Gasteiger partial charge in [0.25, 0.3) is 5.91 Å². The van der Waals surface area contributed by atoms with Crippen molar-refractivity contribution in [3.05, 3.63) is 28.5 Å². The molecular weight excluding hydrogens is 272 g/mol. The third-order valence-electron chi connectivity index (χ3n) is 2.14. The second kappa shape index (κ2) is 6.60. The van der Waals surface area contributed by atoms with Crippen molar-refractivity contribution in [3.63, 3.8) is 0 Å². The maximum atomic E-state index is 11.9. The minimum Gasteiger partial charge on any atom is -0.385 e. The lowest BCUT2D eigenvalue weighted by Crippen LogP contribution is -2.28. The second-order valence-corrected chi connectivity index (χ2v) is 4.38. The highest BCUT2D eigenvalue weighted by Gasteiger charge is 2.11. The van der Waals surface area contributed by atoms with Crippen LogP contribution in [0, 0.1) is 0 Å². The Kier molecular flexibility index (Phi) is 5.42. The van der Waals surface area contributed by atoms with E-state index in [0.29, 0.717) is 18.7 Å². The summed E-state index contributed by atoms with van der Waals surface area (Å²) in [5.74, 6) is -0.0232. The molecule has 88 valence electrons. The van der Waals surface area contributed by atoms with Crippen molar-refractivity contribution in [2.75, 3.05) is 27.3 Å². The molecule has 5 heteroatoms. The van der Waals surface area contributed by atoms with E-state index in [1.165, 1.54) is 0 Å². The highest BCUT2D eigenvalue weighted by atomic mass is 79.9. The number of pyridine rings is 1. The molecule has 0 aliphatic rings. The highest BCUT2D eigenvalue weighted by molar-refractivity contribution is 9.10. The summed E-state index contributed by atoms with van der Waals surface area (Å²) in [5, 5.41) is 0. The Balaban J connectivity index is 2.56. The number of ether oxygens (including phenoxy) is 1. The van der Waals surface area contributed by atoms with Crippen LogP contribution in [0.2, 0.25) is 0 Å². The molecular formula is C11H15BrN2O2. The van der Waals surface area contributed by atoms with Crippen LogP contribution in [0.5, 0.6) is 0 Å². The van der Waals surface area contributed by atoms with Crippen LogP contribution >= 0.6 is 15.9 Å². The van der Waals surface area contributed by atoms with E-state index in [-0.39, 0.29) is 5.91 Å². The first-order valence-electron chi connectivity index (χ1n) is 5.00. The maximum Gasteiger partial charge on any atom is 0.255 e. The third-order valence-corrected chi connectivity index (χ3v) is 2.57. The minimum absolute atomic E-state index is 0.0232. The smallest absolute Gasteiger partial charge is 0.255 e. The van der Waals surface area contributed by atoms with Gasteiger partial charge in [0.2, 0.25) is 0 Å². The summed E-state index contributed by atoms with van der Waals surface area (Å²) in [6.45, 7) is 1.34. The molecule has 1 aromatic rings. The molecule has 16 heavy (non-hydrogen) atoms. The summed E-state index contributed by atoms with van der Waals surface area (Å²) in [7, 11) is 3.43. The van der Waals surface area contributed by atoms with Crippen LogP contribution in [0.3, 0.4) is 0 Å². The van der Waals surface area contributed by atoms with E-state index in [1.807, 2.05) is 0 Å². The van der Waals surface area contributed by atoms with Crippen LogP contribution in [-0.4, -0.2) is 43.1 Å². The van der Waals surface area contributed by atoms with Crippen LogP contribution in [0.1, 0.15) is 16.8 Å². The number of hydrogen-bond donors (Lipinski definition) is 0. The van der Waals surface area contributed by atoms with Crippen molar-refractivity contribution in [2.24, 2.45) is 0 Å². The largest absolute Gasteiger partial charge is 0.385 e. The topological polar surface area (TPSA) is 42.4 Å². The van der Waals surface area contributed by atoms with Gasteiger partial charge < -0.3 is 9.64 Å². The van der Waals surface area contributed by atoms with Crippen LogP contribution in [0.25, 0.3) is 0 Å². The van der Waals surface area contributed by atoms with E-state index >= 15 is 0 Å². The van der Waals surface area contributed by atoms with Gasteiger partial charge in [-0.3, -0.25) is 9.78 Å². The van der Waals surface area contributed by atoms with Crippen LogP contribution in [0.4, 0.5) is 0 Å². The monoisotopic (exact) mass is 286 g/mol. The van der Waals surface area contributed by atoms with Gasteiger partial charge in [0, 0.05) is 44.2 Å². The molecule has 0 N–H and O–H groups in total. The minimum atomic E-state index is -0.0232. The van der Waals surface area contributed by atoms with Crippen LogP contribution in [0.15, 0.2) is 22.9 Å². The number of methoxy groups -OCH3 is 1. The van der Waals surface area contributed by atoms with Gasteiger partial charge in [-0.15, -0.1) is 0 Å². The van der Waals surface area contributed by atoms with E-state index in [4.69, 9.17) is 4.74 Å². The van der Waals surface area contributed by atoms with Crippen molar-refractivity contribution in [1.82, 2.24) is 9.88 Å². The lowest BCUT2D eigenvalue weighted by atomic mass is 10.2. The van der Waals surface area contributed by atoms with Crippen molar-refractivity contribution >= 4 is 21.8 Å². The molecule has 0 spiro atoms. The van der Waals surface area contributed by atoms with Crippen molar-refractivity contribution < 1.29 is 9.53 Å². The third kappa shape index (κ3) is 3.90. The average molecular weight is 287 g/mol. The van der Waals surface area contributed by atoms with E-state index in [2.05, 4.69) is 20.9 Å². The fraction of sp³-hybridized carbons (Fsp3) is 0.455. The molecule has 4 nitrogen and oxygen atoms in total. The predicted molar refractivity (Wildman–Crippen MR) is 65.4 cm³/mol. The summed E-state index contributed by atoms with van der Waals surface area (Å²) >= 11 is 3.29. The molecule has 0 aliphatic heterocycles. The standard InChI is InChI=1S/C11H15BrN2O2/c1-14(4-3-5-16-2)11(15)9-6-10(12)8-13-7-9/h6-8H,3-5H2,1-2H3. The summed E-state index contributed by atoms with van der Waals surface area (Å²) in [5.41, 5.74) is 0.592. The van der Waals surface area contributed by atoms with Gasteiger partial charge in [0.15, 0.2) is 0 Å². The van der Waals surface area contributed by atoms with E-state index in [9.17, 15) is 4.79 Å². The summed E-state index contributed by atoms with van der Waals surface area (Å²) in [6, 6.07) is 1.77. The zero-order valence-electron chi connectivity index (χ0n) is 9.44. The number of carbonyl (C=O) groups excluding carboxylic acids is 1. The lowest BCUT2D eigenvalue weighted by Gasteiger charge is -2.16. The number of rotatable bonds is 5. The zero-order chi connectivity index (χ0) is 12.0. The molecule has 0 saturated carbocycles. The zero-order valence-corrected chi connectivity index (χ0v) is 11.0. The molecule has 1 rings (SSSR count). The molecule has 0 aromatic carbocycles. The average Bonchev–Trinajstić information content (AvgIpc) is 2.28. The highest BCUT2D eigenvalue weighted by Crippen LogP contribution is 2.11. The number of aromatic nitrogens is 1. The fourth-order valence-corrected chi connectivity index (χ4v) is 1.66. The quantitative estimate of drug-likeness (QED) is 0.777. The molecule has 0 unspecified atom stereocenters. The van der Waals surface area contributed by atoms with Crippen molar-refractivity contribution in [3.8, 4) is 0 Å². The summed E-state index contributed by atoms with van der Waals surface area (Å²) in [6.07, 6.45) is 4.06. The van der Waals surface area contributed by atoms with Gasteiger partial charge in [-0.2, -0.15) is 0 Å². The predicted octanol–water partition coefficient (Wildman–Crippen LogP) is 1.95. The molecule has 0 fully saturated rings. The fourth-order valence-electron chi connectivity index (χ4n) is 1.30. The number of amides is 1. The van der Waals surface area contributed by atoms with Gasteiger partial charge in [-0.25, -0.2) is 0 Å². The molecule has 0 radical (unpaired) electrons. The van der Waals surface area contributed by atoms with E-state index in [1.54, 1.807) is 37.5 Å². The first kappa shape index (κ1) is 13.1. The van der Waals surface area contributed by atoms with Crippen LogP contribution in [-0.2, 0) is 4.74 Å². The Bertz CT molecular complexity index is 358. The number of halogens is 1. The van der Waals surface area contributed by atoms with Gasteiger partial charge in [-0.05, 0) is 28.4 Å². The SMILES string of the molecule is COCCCN(C)C(=O)c1cncc(Br)c1. The summed E-state index contributed by atoms with van der Waals surface area (Å²) < 4.78 is 5.75. The van der Waals surface area contributed by atoms with Gasteiger partial charge >= 0.3 is 0 Å². The summed E-state index contributed by atoms with van der Waals surface area (Å²) in [4.78, 5) is 17.5. The van der Waals surface area contributed by atoms with Gasteiger partial charge in [0.1, 0.15) is 0 Å². The Morgan fingerprint density at radius 2 is 2.31 bits per heavy atom. The number of carbonyl (C=O) groups is 1. The molecule has 0 bridgehead atoms. The van der Waals surface area contributed by atoms with Gasteiger partial charge in [-0.1, -0.05) is 0 Å². The van der Waals surface area contributed by atoms with Crippen molar-refractivity contribution in [2.45, 2.75) is 6.42 Å². The van der Waals surface area contributed by atoms with Crippen molar-refractivity contribution in [1.29, 1.82) is 0 Å². The Hall–Kier alpha value is -0.940. The Morgan fingerprint density at radius 1 is 1.56 bits per heavy atom. The van der Waals surface area contributed by atoms with Crippen LogP contribution < -0.4 is 0 Å². The maximum absolute atomic E-state index is 11.9. The Morgan fingerprint density at radius 3 is 2.94 bits per heavy atom. The first-order chi connectivity index (χ1) is 7.65.